The Hall–Kier alpha value is -0.870. The second-order valence-corrected chi connectivity index (χ2v) is 4.93. The lowest BCUT2D eigenvalue weighted by Gasteiger charge is -2.13. The minimum atomic E-state index is 0.0208. The number of amides is 1. The van der Waals surface area contributed by atoms with Crippen molar-refractivity contribution in [3.05, 3.63) is 33.8 Å². The zero-order chi connectivity index (χ0) is 11.5. The second kappa shape index (κ2) is 4.97. The van der Waals surface area contributed by atoms with Crippen molar-refractivity contribution in [2.24, 2.45) is 0 Å². The quantitative estimate of drug-likeness (QED) is 0.869. The third-order valence-electron chi connectivity index (χ3n) is 2.91. The van der Waals surface area contributed by atoms with Gasteiger partial charge in [0.05, 0.1) is 0 Å². The molecule has 1 aliphatic heterocycles. The molecule has 0 aliphatic carbocycles. The molecule has 1 heterocycles. The summed E-state index contributed by atoms with van der Waals surface area (Å²) in [6, 6.07) is 5.96. The molecule has 1 fully saturated rings. The van der Waals surface area contributed by atoms with Gasteiger partial charge in [0.1, 0.15) is 0 Å². The van der Waals surface area contributed by atoms with Crippen LogP contribution in [0.3, 0.4) is 0 Å². The van der Waals surface area contributed by atoms with E-state index in [1.807, 2.05) is 25.1 Å². The highest BCUT2D eigenvalue weighted by Gasteiger charge is 2.18. The Morgan fingerprint density at radius 3 is 3.06 bits per heavy atom. The van der Waals surface area contributed by atoms with Crippen molar-refractivity contribution in [1.82, 2.24) is 10.6 Å². The molecule has 1 atom stereocenters. The molecule has 1 aromatic rings. The molecule has 1 aromatic carbocycles. The van der Waals surface area contributed by atoms with Gasteiger partial charge in [0.15, 0.2) is 0 Å². The highest BCUT2D eigenvalue weighted by atomic mass is 79.9. The molecule has 86 valence electrons. The summed E-state index contributed by atoms with van der Waals surface area (Å²) < 4.78 is 0.977. The fraction of sp³-hybridized carbons (Fsp3) is 0.417. The summed E-state index contributed by atoms with van der Waals surface area (Å²) in [5.41, 5.74) is 1.74. The molecule has 0 radical (unpaired) electrons. The van der Waals surface area contributed by atoms with E-state index in [0.717, 1.165) is 35.1 Å². The van der Waals surface area contributed by atoms with Crippen LogP contribution in [0.5, 0.6) is 0 Å². The van der Waals surface area contributed by atoms with Crippen molar-refractivity contribution in [2.75, 3.05) is 13.1 Å². The smallest absolute Gasteiger partial charge is 0.251 e. The van der Waals surface area contributed by atoms with E-state index >= 15 is 0 Å². The molecule has 1 aliphatic rings. The van der Waals surface area contributed by atoms with E-state index in [1.54, 1.807) is 0 Å². The average Bonchev–Trinajstić information content (AvgIpc) is 2.74. The van der Waals surface area contributed by atoms with Crippen LogP contribution in [0.25, 0.3) is 0 Å². The second-order valence-electron chi connectivity index (χ2n) is 4.08. The summed E-state index contributed by atoms with van der Waals surface area (Å²) in [5, 5.41) is 6.27. The van der Waals surface area contributed by atoms with Gasteiger partial charge in [0, 0.05) is 22.6 Å². The fourth-order valence-electron chi connectivity index (χ4n) is 1.89. The Morgan fingerprint density at radius 2 is 2.38 bits per heavy atom. The summed E-state index contributed by atoms with van der Waals surface area (Å²) in [5.74, 6) is 0.0208. The van der Waals surface area contributed by atoms with E-state index in [1.165, 1.54) is 0 Å². The van der Waals surface area contributed by atoms with Gasteiger partial charge >= 0.3 is 0 Å². The molecule has 0 aromatic heterocycles. The van der Waals surface area contributed by atoms with Crippen LogP contribution in [0, 0.1) is 6.92 Å². The predicted molar refractivity (Wildman–Crippen MR) is 67.6 cm³/mol. The first-order chi connectivity index (χ1) is 7.68. The van der Waals surface area contributed by atoms with Gasteiger partial charge in [0.2, 0.25) is 0 Å². The minimum Gasteiger partial charge on any atom is -0.348 e. The Morgan fingerprint density at radius 1 is 1.56 bits per heavy atom. The van der Waals surface area contributed by atoms with Crippen LogP contribution in [-0.2, 0) is 0 Å². The molecule has 16 heavy (non-hydrogen) atoms. The van der Waals surface area contributed by atoms with Crippen LogP contribution in [-0.4, -0.2) is 25.0 Å². The SMILES string of the molecule is Cc1c(Br)cccc1C(=O)N[C@H]1CCNC1. The first-order valence-corrected chi connectivity index (χ1v) is 6.24. The number of benzene rings is 1. The lowest BCUT2D eigenvalue weighted by Crippen LogP contribution is -2.36. The zero-order valence-electron chi connectivity index (χ0n) is 9.22. The van der Waals surface area contributed by atoms with Gasteiger partial charge in [0.25, 0.3) is 5.91 Å². The van der Waals surface area contributed by atoms with Crippen molar-refractivity contribution in [1.29, 1.82) is 0 Å². The number of nitrogens with one attached hydrogen (secondary N) is 2. The standard InChI is InChI=1S/C12H15BrN2O/c1-8-10(3-2-4-11(8)13)12(16)15-9-5-6-14-7-9/h2-4,9,14H,5-7H2,1H3,(H,15,16)/t9-/m0/s1. The van der Waals surface area contributed by atoms with Gasteiger partial charge in [-0.05, 0) is 37.6 Å². The van der Waals surface area contributed by atoms with E-state index in [-0.39, 0.29) is 11.9 Å². The molecule has 2 rings (SSSR count). The maximum Gasteiger partial charge on any atom is 0.251 e. The summed E-state index contributed by atoms with van der Waals surface area (Å²) in [6.45, 7) is 3.81. The van der Waals surface area contributed by atoms with E-state index in [4.69, 9.17) is 0 Å². The van der Waals surface area contributed by atoms with Gasteiger partial charge in [-0.25, -0.2) is 0 Å². The Bertz CT molecular complexity index is 400. The number of hydrogen-bond donors (Lipinski definition) is 2. The topological polar surface area (TPSA) is 41.1 Å². The molecule has 0 unspecified atom stereocenters. The molecule has 4 heteroatoms. The van der Waals surface area contributed by atoms with Crippen molar-refractivity contribution < 1.29 is 4.79 Å². The lowest BCUT2D eigenvalue weighted by molar-refractivity contribution is 0.0939. The summed E-state index contributed by atoms with van der Waals surface area (Å²) in [7, 11) is 0. The predicted octanol–water partition coefficient (Wildman–Crippen LogP) is 1.85. The third-order valence-corrected chi connectivity index (χ3v) is 3.77. The Balaban J connectivity index is 2.11. The summed E-state index contributed by atoms with van der Waals surface area (Å²) >= 11 is 3.43. The van der Waals surface area contributed by atoms with Gasteiger partial charge in [-0.3, -0.25) is 4.79 Å². The average molecular weight is 283 g/mol. The zero-order valence-corrected chi connectivity index (χ0v) is 10.8. The maximum atomic E-state index is 12.0. The fourth-order valence-corrected chi connectivity index (χ4v) is 2.26. The molecule has 1 saturated heterocycles. The van der Waals surface area contributed by atoms with E-state index in [9.17, 15) is 4.79 Å². The summed E-state index contributed by atoms with van der Waals surface area (Å²) in [4.78, 5) is 12.0. The number of rotatable bonds is 2. The van der Waals surface area contributed by atoms with E-state index < -0.39 is 0 Å². The molecule has 0 spiro atoms. The Labute approximate surface area is 104 Å². The summed E-state index contributed by atoms with van der Waals surface area (Å²) in [6.07, 6.45) is 1.01. The number of carbonyl (C=O) groups excluding carboxylic acids is 1. The minimum absolute atomic E-state index is 0.0208. The van der Waals surface area contributed by atoms with Crippen LogP contribution in [0.2, 0.25) is 0 Å². The van der Waals surface area contributed by atoms with E-state index in [0.29, 0.717) is 0 Å². The molecular weight excluding hydrogens is 268 g/mol. The van der Waals surface area contributed by atoms with Crippen LogP contribution < -0.4 is 10.6 Å². The normalized spacial score (nSPS) is 19.8. The van der Waals surface area contributed by atoms with Crippen LogP contribution in [0.4, 0.5) is 0 Å². The molecule has 1 amide bonds. The lowest BCUT2D eigenvalue weighted by atomic mass is 10.1. The largest absolute Gasteiger partial charge is 0.348 e. The number of hydrogen-bond acceptors (Lipinski definition) is 2. The monoisotopic (exact) mass is 282 g/mol. The molecule has 3 nitrogen and oxygen atoms in total. The number of carbonyl (C=O) groups is 1. The molecule has 0 bridgehead atoms. The molecule has 2 N–H and O–H groups in total. The van der Waals surface area contributed by atoms with Gasteiger partial charge < -0.3 is 10.6 Å². The van der Waals surface area contributed by atoms with Crippen LogP contribution >= 0.6 is 15.9 Å². The van der Waals surface area contributed by atoms with E-state index in [2.05, 4.69) is 26.6 Å². The number of halogens is 1. The third kappa shape index (κ3) is 2.44. The highest BCUT2D eigenvalue weighted by molar-refractivity contribution is 9.10. The Kier molecular flexibility index (Phi) is 3.61. The molecule has 0 saturated carbocycles. The van der Waals surface area contributed by atoms with Gasteiger partial charge in [-0.1, -0.05) is 22.0 Å². The highest BCUT2D eigenvalue weighted by Crippen LogP contribution is 2.19. The first-order valence-electron chi connectivity index (χ1n) is 5.45. The van der Waals surface area contributed by atoms with Gasteiger partial charge in [-0.15, -0.1) is 0 Å². The maximum absolute atomic E-state index is 12.0. The van der Waals surface area contributed by atoms with Crippen molar-refractivity contribution in [3.63, 3.8) is 0 Å². The van der Waals surface area contributed by atoms with Crippen LogP contribution in [0.1, 0.15) is 22.3 Å². The van der Waals surface area contributed by atoms with Crippen molar-refractivity contribution >= 4 is 21.8 Å². The van der Waals surface area contributed by atoms with Crippen molar-refractivity contribution in [2.45, 2.75) is 19.4 Å². The van der Waals surface area contributed by atoms with Crippen molar-refractivity contribution in [3.8, 4) is 0 Å². The van der Waals surface area contributed by atoms with Gasteiger partial charge in [-0.2, -0.15) is 0 Å². The van der Waals surface area contributed by atoms with Crippen LogP contribution in [0.15, 0.2) is 22.7 Å². The first kappa shape index (κ1) is 11.6. The molecular formula is C12H15BrN2O.